The highest BCUT2D eigenvalue weighted by molar-refractivity contribution is 7.92. The highest BCUT2D eigenvalue weighted by Crippen LogP contribution is 2.32. The zero-order chi connectivity index (χ0) is 23.7. The normalized spacial score (nSPS) is 11.1. The predicted octanol–water partition coefficient (Wildman–Crippen LogP) is 0.484. The van der Waals surface area contributed by atoms with E-state index in [9.17, 15) is 18.0 Å². The lowest BCUT2D eigenvalue weighted by atomic mass is 10.2. The predicted molar refractivity (Wildman–Crippen MR) is 119 cm³/mol. The number of ether oxygens (including phenoxy) is 3. The zero-order valence-corrected chi connectivity index (χ0v) is 18.6. The van der Waals surface area contributed by atoms with Gasteiger partial charge in [-0.3, -0.25) is 13.9 Å². The van der Waals surface area contributed by atoms with E-state index in [1.54, 1.807) is 30.3 Å². The number of hydrogen-bond donors (Lipinski definition) is 2. The summed E-state index contributed by atoms with van der Waals surface area (Å²) < 4.78 is 40.9. The maximum Gasteiger partial charge on any atom is 0.260 e. The molecule has 0 aliphatic heterocycles. The Balaban J connectivity index is 2.04. The smallest absolute Gasteiger partial charge is 0.260 e. The molecule has 3 N–H and O–H groups in total. The molecule has 0 saturated carbocycles. The van der Waals surface area contributed by atoms with Crippen LogP contribution in [0.15, 0.2) is 47.6 Å². The lowest BCUT2D eigenvalue weighted by Gasteiger charge is -2.22. The summed E-state index contributed by atoms with van der Waals surface area (Å²) in [5.74, 6) is -0.0497. The third-order valence-electron chi connectivity index (χ3n) is 4.01. The highest BCUT2D eigenvalue weighted by Gasteiger charge is 2.22. The molecular weight excluding hydrogens is 440 g/mol. The van der Waals surface area contributed by atoms with Crippen LogP contribution in [0.1, 0.15) is 5.56 Å². The number of nitrogens with zero attached hydrogens (tertiary/aromatic N) is 2. The molecule has 0 fully saturated rings. The first-order valence-corrected chi connectivity index (χ1v) is 11.0. The Kier molecular flexibility index (Phi) is 8.41. The van der Waals surface area contributed by atoms with Crippen molar-refractivity contribution in [3.63, 3.8) is 0 Å². The first kappa shape index (κ1) is 24.5. The molecule has 2 aromatic rings. The van der Waals surface area contributed by atoms with E-state index in [1.165, 1.54) is 32.6 Å². The van der Waals surface area contributed by atoms with Gasteiger partial charge in [0.1, 0.15) is 12.3 Å². The van der Waals surface area contributed by atoms with E-state index >= 15 is 0 Å². The molecule has 0 saturated heterocycles. The average molecular weight is 465 g/mol. The second kappa shape index (κ2) is 11.0. The zero-order valence-electron chi connectivity index (χ0n) is 17.8. The molecule has 0 spiro atoms. The second-order valence-corrected chi connectivity index (χ2v) is 8.33. The van der Waals surface area contributed by atoms with Gasteiger partial charge in [0, 0.05) is 6.07 Å². The van der Waals surface area contributed by atoms with Gasteiger partial charge in [0.15, 0.2) is 18.1 Å². The van der Waals surface area contributed by atoms with Gasteiger partial charge in [0.05, 0.1) is 32.4 Å². The molecule has 2 rings (SSSR count). The Labute approximate surface area is 185 Å². The van der Waals surface area contributed by atoms with Crippen LogP contribution in [0.2, 0.25) is 0 Å². The van der Waals surface area contributed by atoms with Crippen molar-refractivity contribution in [3.8, 4) is 17.2 Å². The molecule has 2 amide bonds. The van der Waals surface area contributed by atoms with Crippen LogP contribution in [-0.2, 0) is 19.6 Å². The average Bonchev–Trinajstić information content (AvgIpc) is 2.75. The van der Waals surface area contributed by atoms with E-state index in [1.807, 2.05) is 0 Å². The molecule has 0 unspecified atom stereocenters. The first-order chi connectivity index (χ1) is 15.1. The minimum atomic E-state index is -3.77. The maximum atomic E-state index is 12.3. The summed E-state index contributed by atoms with van der Waals surface area (Å²) in [4.78, 5) is 23.0. The number of methoxy groups -OCH3 is 2. The molecule has 0 bridgehead atoms. The highest BCUT2D eigenvalue weighted by atomic mass is 32.2. The van der Waals surface area contributed by atoms with Crippen LogP contribution in [0, 0.1) is 0 Å². The van der Waals surface area contributed by atoms with Crippen molar-refractivity contribution in [2.45, 2.75) is 0 Å². The van der Waals surface area contributed by atoms with Crippen LogP contribution < -0.4 is 29.7 Å². The van der Waals surface area contributed by atoms with Gasteiger partial charge in [-0.1, -0.05) is 0 Å². The standard InChI is InChI=1S/C20H24N4O7S/c1-29-17-9-6-15(10-18(17)30-2)24(32(3,27)28)12-20(26)23-22-11-14-4-7-16(8-5-14)31-13-19(21)25/h4-11H,12-13H2,1-3H3,(H2,21,25)(H,23,26)/b22-11-. The van der Waals surface area contributed by atoms with Gasteiger partial charge >= 0.3 is 0 Å². The van der Waals surface area contributed by atoms with Crippen molar-refractivity contribution in [2.75, 3.05) is 37.9 Å². The molecule has 0 aliphatic carbocycles. The largest absolute Gasteiger partial charge is 0.493 e. The number of hydrazone groups is 1. The Morgan fingerprint density at radius 2 is 1.75 bits per heavy atom. The Hall–Kier alpha value is -3.80. The van der Waals surface area contributed by atoms with Crippen molar-refractivity contribution in [2.24, 2.45) is 10.8 Å². The van der Waals surface area contributed by atoms with E-state index < -0.39 is 28.4 Å². The number of amides is 2. The van der Waals surface area contributed by atoms with E-state index in [2.05, 4.69) is 10.5 Å². The summed E-state index contributed by atoms with van der Waals surface area (Å²) >= 11 is 0. The monoisotopic (exact) mass is 464 g/mol. The first-order valence-electron chi connectivity index (χ1n) is 9.17. The van der Waals surface area contributed by atoms with Crippen molar-refractivity contribution in [1.82, 2.24) is 5.43 Å². The van der Waals surface area contributed by atoms with E-state index in [0.29, 0.717) is 22.8 Å². The molecule has 12 heteroatoms. The lowest BCUT2D eigenvalue weighted by molar-refractivity contribution is -0.120. The molecule has 0 radical (unpaired) electrons. The van der Waals surface area contributed by atoms with Crippen molar-refractivity contribution in [3.05, 3.63) is 48.0 Å². The Morgan fingerprint density at radius 3 is 2.31 bits per heavy atom. The second-order valence-electron chi connectivity index (χ2n) is 6.43. The fourth-order valence-corrected chi connectivity index (χ4v) is 3.38. The van der Waals surface area contributed by atoms with Gasteiger partial charge < -0.3 is 19.9 Å². The van der Waals surface area contributed by atoms with Crippen molar-refractivity contribution < 1.29 is 32.2 Å². The number of hydrogen-bond acceptors (Lipinski definition) is 8. The molecule has 0 atom stereocenters. The molecule has 172 valence electrons. The minimum Gasteiger partial charge on any atom is -0.493 e. The third kappa shape index (κ3) is 7.16. The Bertz CT molecular complexity index is 1090. The number of benzene rings is 2. The fraction of sp³-hybridized carbons (Fsp3) is 0.250. The van der Waals surface area contributed by atoms with Crippen LogP contribution in [0.3, 0.4) is 0 Å². The number of carbonyl (C=O) groups excluding carboxylic acids is 2. The molecule has 2 aromatic carbocycles. The van der Waals surface area contributed by atoms with Crippen LogP contribution in [-0.4, -0.2) is 60.1 Å². The van der Waals surface area contributed by atoms with Gasteiger partial charge in [-0.25, -0.2) is 13.8 Å². The number of rotatable bonds is 11. The van der Waals surface area contributed by atoms with Gasteiger partial charge in [0.2, 0.25) is 10.0 Å². The summed E-state index contributed by atoms with van der Waals surface area (Å²) in [5, 5.41) is 3.83. The fourth-order valence-electron chi connectivity index (χ4n) is 2.53. The Morgan fingerprint density at radius 1 is 1.09 bits per heavy atom. The quantitative estimate of drug-likeness (QED) is 0.363. The third-order valence-corrected chi connectivity index (χ3v) is 5.15. The van der Waals surface area contributed by atoms with Gasteiger partial charge in [-0.15, -0.1) is 0 Å². The summed E-state index contributed by atoms with van der Waals surface area (Å²) in [6.07, 6.45) is 2.36. The van der Waals surface area contributed by atoms with Gasteiger partial charge in [-0.05, 0) is 42.0 Å². The van der Waals surface area contributed by atoms with Crippen LogP contribution in [0.5, 0.6) is 17.2 Å². The van der Waals surface area contributed by atoms with E-state index in [4.69, 9.17) is 19.9 Å². The number of carbonyl (C=O) groups is 2. The molecular formula is C20H24N4O7S. The lowest BCUT2D eigenvalue weighted by Crippen LogP contribution is -2.39. The molecule has 0 aromatic heterocycles. The molecule has 11 nitrogen and oxygen atoms in total. The minimum absolute atomic E-state index is 0.232. The number of nitrogens with one attached hydrogen (secondary N) is 1. The van der Waals surface area contributed by atoms with Gasteiger partial charge in [-0.2, -0.15) is 5.10 Å². The number of sulfonamides is 1. The summed E-state index contributed by atoms with van der Waals surface area (Å²) in [6.45, 7) is -0.730. The molecule has 0 heterocycles. The number of primary amides is 1. The number of nitrogens with two attached hydrogens (primary N) is 1. The van der Waals surface area contributed by atoms with Crippen LogP contribution >= 0.6 is 0 Å². The number of anilines is 1. The van der Waals surface area contributed by atoms with Crippen molar-refractivity contribution in [1.29, 1.82) is 0 Å². The summed E-state index contributed by atoms with van der Waals surface area (Å²) in [5.41, 5.74) is 8.17. The summed E-state index contributed by atoms with van der Waals surface area (Å²) in [7, 11) is -0.896. The topological polar surface area (TPSA) is 150 Å². The maximum absolute atomic E-state index is 12.3. The van der Waals surface area contributed by atoms with E-state index in [0.717, 1.165) is 10.6 Å². The van der Waals surface area contributed by atoms with E-state index in [-0.39, 0.29) is 12.3 Å². The molecule has 0 aliphatic rings. The van der Waals surface area contributed by atoms with Crippen LogP contribution in [0.4, 0.5) is 5.69 Å². The molecule has 32 heavy (non-hydrogen) atoms. The van der Waals surface area contributed by atoms with Gasteiger partial charge in [0.25, 0.3) is 11.8 Å². The summed E-state index contributed by atoms with van der Waals surface area (Å²) in [6, 6.07) is 11.0. The van der Waals surface area contributed by atoms with Crippen LogP contribution in [0.25, 0.3) is 0 Å². The van der Waals surface area contributed by atoms with Crippen molar-refractivity contribution >= 4 is 33.7 Å². The SMILES string of the molecule is COc1ccc(N(CC(=O)N/N=C\c2ccc(OCC(N)=O)cc2)S(C)(=O)=O)cc1OC.